The minimum absolute atomic E-state index is 0. The predicted molar refractivity (Wildman–Crippen MR) is 29.4 cm³/mol. The Morgan fingerprint density at radius 2 is 1.86 bits per heavy atom. The van der Waals surface area contributed by atoms with Crippen molar-refractivity contribution in [2.24, 2.45) is 0 Å². The van der Waals surface area contributed by atoms with E-state index in [0.29, 0.717) is 10.5 Å². The normalized spacial score (nSPS) is 10.7. The Balaban J connectivity index is -0.000000125. The molecule has 0 bridgehead atoms. The number of rotatable bonds is 1. The summed E-state index contributed by atoms with van der Waals surface area (Å²) in [5.74, 6) is 0. The Morgan fingerprint density at radius 3 is 1.86 bits per heavy atom. The van der Waals surface area contributed by atoms with Gasteiger partial charge in [0.2, 0.25) is 10.5 Å². The van der Waals surface area contributed by atoms with Crippen molar-refractivity contribution in [2.75, 3.05) is 6.66 Å². The van der Waals surface area contributed by atoms with Crippen LogP contribution in [0.25, 0.3) is 0 Å². The van der Waals surface area contributed by atoms with Crippen LogP contribution in [0.5, 0.6) is 0 Å². The van der Waals surface area contributed by atoms with Gasteiger partial charge in [-0.25, -0.2) is 4.21 Å². The minimum atomic E-state index is -2.83. The monoisotopic (exact) mass is 151 g/mol. The van der Waals surface area contributed by atoms with Crippen LogP contribution >= 0.6 is 7.94 Å². The van der Waals surface area contributed by atoms with Crippen LogP contribution in [0.15, 0.2) is 0 Å². The first-order valence-electron chi connectivity index (χ1n) is 1.44. The van der Waals surface area contributed by atoms with Gasteiger partial charge >= 0.3 is 37.5 Å². The minimum Gasteiger partial charge on any atom is -1.00 e. The molecule has 2 N–H and O–H groups in total. The van der Waals surface area contributed by atoms with E-state index in [1.807, 2.05) is 0 Å². The molecule has 0 rings (SSSR count). The zero-order valence-electron chi connectivity index (χ0n) is 5.75. The maximum Gasteiger partial charge on any atom is 1.00 e. The van der Waals surface area contributed by atoms with Crippen molar-refractivity contribution in [3.8, 4) is 0 Å². The molecule has 0 heterocycles. The van der Waals surface area contributed by atoms with Crippen molar-refractivity contribution < 1.29 is 45.0 Å². The molecule has 0 aliphatic heterocycles. The van der Waals surface area contributed by atoms with Gasteiger partial charge in [0.25, 0.3) is 0 Å². The molecule has 3 nitrogen and oxygen atoms in total. The summed E-state index contributed by atoms with van der Waals surface area (Å²) in [6.07, 6.45) is 0. The van der Waals surface area contributed by atoms with E-state index in [2.05, 4.69) is 4.21 Å². The van der Waals surface area contributed by atoms with Crippen molar-refractivity contribution in [1.82, 2.24) is 0 Å². The maximum absolute atomic E-state index is 8.31. The molecule has 0 aliphatic rings. The van der Waals surface area contributed by atoms with Gasteiger partial charge in [-0.2, -0.15) is 9.79 Å². The van der Waals surface area contributed by atoms with Gasteiger partial charge in [0, 0.05) is 0 Å². The molecule has 0 saturated carbocycles. The van der Waals surface area contributed by atoms with Crippen LogP contribution in [-0.4, -0.2) is 26.9 Å². The fourth-order valence-corrected chi connectivity index (χ4v) is 0. The fourth-order valence-electron chi connectivity index (χ4n) is 0. The topological polar surface area (TPSA) is 49.7 Å². The van der Waals surface area contributed by atoms with E-state index in [0.717, 1.165) is 0 Å². The van der Waals surface area contributed by atoms with Crippen molar-refractivity contribution in [2.45, 2.75) is 0 Å². The first kappa shape index (κ1) is 11.3. The Labute approximate surface area is 70.0 Å². The first-order chi connectivity index (χ1) is 2.56. The molecule has 0 atom stereocenters. The van der Waals surface area contributed by atoms with Gasteiger partial charge in [-0.3, -0.25) is 0 Å². The van der Waals surface area contributed by atoms with Crippen LogP contribution in [0.4, 0.5) is 0 Å². The molecule has 40 valence electrons. The third-order valence-electron chi connectivity index (χ3n) is 0.346. The first-order valence-corrected chi connectivity index (χ1v) is 4.31. The van der Waals surface area contributed by atoms with Gasteiger partial charge in [0.1, 0.15) is 6.66 Å². The number of hydrogen-bond donors (Lipinski definition) is 2. The third-order valence-corrected chi connectivity index (χ3v) is 3.11. The van der Waals surface area contributed by atoms with Gasteiger partial charge in [-0.1, -0.05) is 0 Å². The van der Waals surface area contributed by atoms with E-state index in [1.54, 1.807) is 0 Å². The molecular formula is CH9NaO3PSi+. The van der Waals surface area contributed by atoms with E-state index >= 15 is 0 Å². The molecule has 0 spiro atoms. The Hall–Kier alpha value is 1.53. The zero-order valence-corrected chi connectivity index (χ0v) is 9.64. The summed E-state index contributed by atoms with van der Waals surface area (Å²) in [6.45, 7) is 1.28. The molecule has 0 saturated heterocycles. The summed E-state index contributed by atoms with van der Waals surface area (Å²) in [5.41, 5.74) is 0. The Kier molecular flexibility index (Phi) is 7.14. The molecule has 0 aliphatic carbocycles. The average Bonchev–Trinajstić information content (AvgIpc) is 1.35. The molecule has 6 heteroatoms. The van der Waals surface area contributed by atoms with Crippen molar-refractivity contribution in [1.29, 1.82) is 0 Å². The van der Waals surface area contributed by atoms with Crippen LogP contribution in [0.1, 0.15) is 1.43 Å². The van der Waals surface area contributed by atoms with E-state index in [1.165, 1.54) is 6.66 Å². The molecule has 0 fully saturated rings. The van der Waals surface area contributed by atoms with Gasteiger partial charge in [-0.15, -0.1) is 0 Å². The fraction of sp³-hybridized carbons (Fsp3) is 1.00. The van der Waals surface area contributed by atoms with E-state index < -0.39 is 7.94 Å². The second-order valence-corrected chi connectivity index (χ2v) is 4.15. The Bertz CT molecular complexity index is 49.0. The molecule has 7 heavy (non-hydrogen) atoms. The molecule has 0 aromatic heterocycles. The summed E-state index contributed by atoms with van der Waals surface area (Å²) in [7, 11) is -2.44. The molecule has 0 aromatic rings. The Morgan fingerprint density at radius 1 is 1.71 bits per heavy atom. The summed E-state index contributed by atoms with van der Waals surface area (Å²) in [4.78, 5) is 16.6. The molecule has 0 unspecified atom stereocenters. The smallest absolute Gasteiger partial charge is 1.00 e. The zero-order chi connectivity index (χ0) is 5.21. The van der Waals surface area contributed by atoms with Crippen LogP contribution in [0.2, 0.25) is 0 Å². The standard InChI is InChI=1S/CH8O3PSi.Na.H/c1-5(2,3)4-6;;/h2-3H,1,6H3;;/q2*+1;-1. The summed E-state index contributed by atoms with van der Waals surface area (Å²) < 4.78 is 4.30. The van der Waals surface area contributed by atoms with Crippen LogP contribution < -0.4 is 29.6 Å². The van der Waals surface area contributed by atoms with Crippen molar-refractivity contribution in [3.05, 3.63) is 0 Å². The van der Waals surface area contributed by atoms with Gasteiger partial charge in [0.05, 0.1) is 0 Å². The van der Waals surface area contributed by atoms with Gasteiger partial charge in [-0.05, 0) is 0 Å². The SMILES string of the molecule is C[P+](O)(O)O[SiH3].[H-].[Na+]. The van der Waals surface area contributed by atoms with Crippen LogP contribution in [-0.2, 0) is 4.21 Å². The van der Waals surface area contributed by atoms with E-state index in [4.69, 9.17) is 9.79 Å². The van der Waals surface area contributed by atoms with Gasteiger partial charge in [0.15, 0.2) is 0 Å². The van der Waals surface area contributed by atoms with Gasteiger partial charge < -0.3 is 1.43 Å². The largest absolute Gasteiger partial charge is 1.00 e. The second-order valence-electron chi connectivity index (χ2n) is 1.02. The molecule has 0 radical (unpaired) electrons. The third kappa shape index (κ3) is 11.2. The average molecular weight is 151 g/mol. The van der Waals surface area contributed by atoms with E-state index in [9.17, 15) is 0 Å². The molecular weight excluding hydrogens is 142 g/mol. The predicted octanol–water partition coefficient (Wildman–Crippen LogP) is -4.22. The quantitative estimate of drug-likeness (QED) is 0.295. The van der Waals surface area contributed by atoms with Crippen LogP contribution in [0.3, 0.4) is 0 Å². The second kappa shape index (κ2) is 4.41. The van der Waals surface area contributed by atoms with Crippen LogP contribution in [0, 0.1) is 0 Å². The summed E-state index contributed by atoms with van der Waals surface area (Å²) >= 11 is 0. The molecule has 0 amide bonds. The summed E-state index contributed by atoms with van der Waals surface area (Å²) in [6, 6.07) is 0. The summed E-state index contributed by atoms with van der Waals surface area (Å²) in [5, 5.41) is 0. The van der Waals surface area contributed by atoms with E-state index in [-0.39, 0.29) is 31.0 Å². The van der Waals surface area contributed by atoms with Crippen molar-refractivity contribution in [3.63, 3.8) is 0 Å². The van der Waals surface area contributed by atoms with Crippen molar-refractivity contribution >= 4 is 18.4 Å². The molecule has 0 aromatic carbocycles. The number of hydrogen-bond acceptors (Lipinski definition) is 3. The maximum atomic E-state index is 8.31.